The molecule has 0 radical (unpaired) electrons. The van der Waals surface area contributed by atoms with E-state index in [1.807, 2.05) is 17.0 Å². The number of carbonyl (C=O) groups excluding carboxylic acids is 1. The van der Waals surface area contributed by atoms with Crippen molar-refractivity contribution in [1.29, 1.82) is 0 Å². The van der Waals surface area contributed by atoms with Crippen LogP contribution in [0, 0.1) is 12.8 Å². The molecular weight excluding hydrogens is 276 g/mol. The number of amides is 1. The van der Waals surface area contributed by atoms with Gasteiger partial charge in [0.2, 0.25) is 5.91 Å². The highest BCUT2D eigenvalue weighted by Crippen LogP contribution is 2.25. The van der Waals surface area contributed by atoms with Gasteiger partial charge in [-0.3, -0.25) is 4.79 Å². The number of hydrogen-bond acceptors (Lipinski definition) is 3. The van der Waals surface area contributed by atoms with Crippen LogP contribution in [0.15, 0.2) is 41.1 Å². The molecule has 0 unspecified atom stereocenters. The molecule has 0 saturated heterocycles. The summed E-state index contributed by atoms with van der Waals surface area (Å²) in [5.74, 6) is 0.492. The maximum absolute atomic E-state index is 12.7. The molecule has 0 bridgehead atoms. The van der Waals surface area contributed by atoms with Gasteiger partial charge in [0.1, 0.15) is 6.26 Å². The largest absolute Gasteiger partial charge is 0.364 e. The molecule has 1 aromatic heterocycles. The summed E-state index contributed by atoms with van der Waals surface area (Å²) in [5, 5.41) is 3.84. The van der Waals surface area contributed by atoms with Crippen LogP contribution >= 0.6 is 0 Å². The maximum atomic E-state index is 12.7. The van der Waals surface area contributed by atoms with Gasteiger partial charge in [0.25, 0.3) is 0 Å². The molecule has 4 heteroatoms. The minimum atomic E-state index is 0.0444. The monoisotopic (exact) mass is 300 g/mol. The van der Waals surface area contributed by atoms with Gasteiger partial charge < -0.3 is 9.42 Å². The summed E-state index contributed by atoms with van der Waals surface area (Å²) in [6.45, 7) is 9.15. The van der Waals surface area contributed by atoms with Gasteiger partial charge >= 0.3 is 0 Å². The third-order valence-corrected chi connectivity index (χ3v) is 3.81. The molecule has 1 atom stereocenters. The molecule has 0 spiro atoms. The Morgan fingerprint density at radius 3 is 2.55 bits per heavy atom. The van der Waals surface area contributed by atoms with E-state index in [2.05, 4.69) is 45.0 Å². The Kier molecular flexibility index (Phi) is 5.36. The molecule has 0 aliphatic heterocycles. The summed E-state index contributed by atoms with van der Waals surface area (Å²) in [6.07, 6.45) is 1.78. The average molecular weight is 300 g/mol. The Bertz CT molecular complexity index is 605. The van der Waals surface area contributed by atoms with Crippen molar-refractivity contribution < 1.29 is 9.32 Å². The standard InChI is InChI=1S/C18H24N2O2/c1-13(2)12-20(18(21)11-16-9-10-22-19-16)15(4)17-8-6-5-7-14(17)3/h5-10,13,15H,11-12H2,1-4H3/t15-/m0/s1. The second-order valence-electron chi connectivity index (χ2n) is 6.14. The molecule has 2 aromatic rings. The summed E-state index contributed by atoms with van der Waals surface area (Å²) >= 11 is 0. The predicted octanol–water partition coefficient (Wildman–Crippen LogP) is 3.77. The first-order valence-corrected chi connectivity index (χ1v) is 7.73. The van der Waals surface area contributed by atoms with E-state index in [4.69, 9.17) is 4.52 Å². The topological polar surface area (TPSA) is 46.3 Å². The smallest absolute Gasteiger partial charge is 0.229 e. The van der Waals surface area contributed by atoms with Crippen LogP contribution in [-0.2, 0) is 11.2 Å². The molecule has 1 amide bonds. The third-order valence-electron chi connectivity index (χ3n) is 3.81. The second-order valence-corrected chi connectivity index (χ2v) is 6.14. The Morgan fingerprint density at radius 1 is 1.23 bits per heavy atom. The molecule has 118 valence electrons. The van der Waals surface area contributed by atoms with E-state index in [0.717, 1.165) is 6.54 Å². The van der Waals surface area contributed by atoms with Gasteiger partial charge in [-0.25, -0.2) is 0 Å². The van der Waals surface area contributed by atoms with E-state index in [-0.39, 0.29) is 18.4 Å². The summed E-state index contributed by atoms with van der Waals surface area (Å²) in [4.78, 5) is 14.7. The van der Waals surface area contributed by atoms with Gasteiger partial charge in [0.05, 0.1) is 18.2 Å². The van der Waals surface area contributed by atoms with Crippen LogP contribution in [-0.4, -0.2) is 22.5 Å². The average Bonchev–Trinajstić information content (AvgIpc) is 2.97. The number of hydrogen-bond donors (Lipinski definition) is 0. The van der Waals surface area contributed by atoms with Crippen molar-refractivity contribution in [3.05, 3.63) is 53.4 Å². The molecule has 22 heavy (non-hydrogen) atoms. The summed E-state index contributed by atoms with van der Waals surface area (Å²) in [5.41, 5.74) is 3.07. The molecule has 1 heterocycles. The summed E-state index contributed by atoms with van der Waals surface area (Å²) in [7, 11) is 0. The van der Waals surface area contributed by atoms with Gasteiger partial charge in [0, 0.05) is 12.6 Å². The van der Waals surface area contributed by atoms with E-state index in [9.17, 15) is 4.79 Å². The van der Waals surface area contributed by atoms with Crippen LogP contribution in [0.1, 0.15) is 43.6 Å². The zero-order chi connectivity index (χ0) is 16.1. The molecular formula is C18H24N2O2. The van der Waals surface area contributed by atoms with Gasteiger partial charge in [-0.2, -0.15) is 0 Å². The highest BCUT2D eigenvalue weighted by molar-refractivity contribution is 5.78. The van der Waals surface area contributed by atoms with E-state index < -0.39 is 0 Å². The van der Waals surface area contributed by atoms with Gasteiger partial charge in [0.15, 0.2) is 0 Å². The number of carbonyl (C=O) groups is 1. The molecule has 2 rings (SSSR count). The maximum Gasteiger partial charge on any atom is 0.229 e. The van der Waals surface area contributed by atoms with Crippen LogP contribution < -0.4 is 0 Å². The van der Waals surface area contributed by atoms with Crippen LogP contribution in [0.2, 0.25) is 0 Å². The lowest BCUT2D eigenvalue weighted by Crippen LogP contribution is -2.37. The number of benzene rings is 1. The number of nitrogens with zero attached hydrogens (tertiary/aromatic N) is 2. The number of aromatic nitrogens is 1. The SMILES string of the molecule is Cc1ccccc1[C@H](C)N(CC(C)C)C(=O)Cc1ccon1. The van der Waals surface area contributed by atoms with Crippen molar-refractivity contribution in [2.45, 2.75) is 40.2 Å². The van der Waals surface area contributed by atoms with Crippen molar-refractivity contribution >= 4 is 5.91 Å². The minimum Gasteiger partial charge on any atom is -0.364 e. The number of aryl methyl sites for hydroxylation is 1. The van der Waals surface area contributed by atoms with E-state index >= 15 is 0 Å². The van der Waals surface area contributed by atoms with Crippen LogP contribution in [0.5, 0.6) is 0 Å². The van der Waals surface area contributed by atoms with Gasteiger partial charge in [-0.15, -0.1) is 0 Å². The Morgan fingerprint density at radius 2 is 1.95 bits per heavy atom. The van der Waals surface area contributed by atoms with E-state index in [0.29, 0.717) is 11.6 Å². The zero-order valence-corrected chi connectivity index (χ0v) is 13.7. The molecule has 0 aliphatic carbocycles. The van der Waals surface area contributed by atoms with Crippen molar-refractivity contribution in [1.82, 2.24) is 10.1 Å². The Labute approximate surface area is 132 Å². The van der Waals surface area contributed by atoms with Crippen LogP contribution in [0.25, 0.3) is 0 Å². The second kappa shape index (κ2) is 7.25. The van der Waals surface area contributed by atoms with Crippen molar-refractivity contribution in [3.8, 4) is 0 Å². The lowest BCUT2D eigenvalue weighted by molar-refractivity contribution is -0.133. The first kappa shape index (κ1) is 16.3. The van der Waals surface area contributed by atoms with Gasteiger partial charge in [-0.05, 0) is 30.9 Å². The molecule has 4 nitrogen and oxygen atoms in total. The fourth-order valence-electron chi connectivity index (χ4n) is 2.68. The zero-order valence-electron chi connectivity index (χ0n) is 13.7. The summed E-state index contributed by atoms with van der Waals surface area (Å²) in [6, 6.07) is 10.0. The van der Waals surface area contributed by atoms with Crippen molar-refractivity contribution in [2.24, 2.45) is 5.92 Å². The fourth-order valence-corrected chi connectivity index (χ4v) is 2.68. The third kappa shape index (κ3) is 3.97. The van der Waals surface area contributed by atoms with E-state index in [1.165, 1.54) is 17.4 Å². The fraction of sp³-hybridized carbons (Fsp3) is 0.444. The lowest BCUT2D eigenvalue weighted by atomic mass is 10.00. The summed E-state index contributed by atoms with van der Waals surface area (Å²) < 4.78 is 4.82. The number of rotatable bonds is 6. The lowest BCUT2D eigenvalue weighted by Gasteiger charge is -2.32. The molecule has 0 saturated carbocycles. The van der Waals surface area contributed by atoms with Crippen molar-refractivity contribution in [2.75, 3.05) is 6.54 Å². The normalized spacial score (nSPS) is 12.4. The van der Waals surface area contributed by atoms with Crippen molar-refractivity contribution in [3.63, 3.8) is 0 Å². The minimum absolute atomic E-state index is 0.0444. The molecule has 1 aromatic carbocycles. The van der Waals surface area contributed by atoms with Crippen LogP contribution in [0.3, 0.4) is 0 Å². The molecule has 0 N–H and O–H groups in total. The van der Waals surface area contributed by atoms with Crippen LogP contribution in [0.4, 0.5) is 0 Å². The molecule has 0 aliphatic rings. The highest BCUT2D eigenvalue weighted by Gasteiger charge is 2.24. The quantitative estimate of drug-likeness (QED) is 0.815. The first-order valence-electron chi connectivity index (χ1n) is 7.73. The highest BCUT2D eigenvalue weighted by atomic mass is 16.5. The Balaban J connectivity index is 2.21. The van der Waals surface area contributed by atoms with Gasteiger partial charge in [-0.1, -0.05) is 43.3 Å². The first-order chi connectivity index (χ1) is 10.5. The Hall–Kier alpha value is -2.10. The van der Waals surface area contributed by atoms with E-state index in [1.54, 1.807) is 6.07 Å². The molecule has 0 fully saturated rings. The predicted molar refractivity (Wildman–Crippen MR) is 86.4 cm³/mol.